The van der Waals surface area contributed by atoms with Crippen molar-refractivity contribution < 1.29 is 27.8 Å². The van der Waals surface area contributed by atoms with Gasteiger partial charge in [-0.25, -0.2) is 4.98 Å². The van der Waals surface area contributed by atoms with Gasteiger partial charge < -0.3 is 9.84 Å². The first-order valence-electron chi connectivity index (χ1n) is 10.1. The van der Waals surface area contributed by atoms with Gasteiger partial charge in [-0.3, -0.25) is 4.79 Å². The molecule has 1 N–H and O–H groups in total. The molecule has 2 heterocycles. The van der Waals surface area contributed by atoms with Gasteiger partial charge in [0.05, 0.1) is 24.3 Å². The van der Waals surface area contributed by atoms with E-state index >= 15 is 0 Å². The molecule has 0 bridgehead atoms. The lowest BCUT2D eigenvalue weighted by Gasteiger charge is -2.14. The Balaban J connectivity index is 1.52. The van der Waals surface area contributed by atoms with Crippen LogP contribution in [0, 0.1) is 6.92 Å². The molecule has 9 heteroatoms. The van der Waals surface area contributed by atoms with E-state index in [0.717, 1.165) is 38.4 Å². The minimum atomic E-state index is -4.37. The van der Waals surface area contributed by atoms with Gasteiger partial charge in [-0.15, -0.1) is 22.7 Å². The van der Waals surface area contributed by atoms with Crippen LogP contribution in [0.3, 0.4) is 0 Å². The minimum Gasteiger partial charge on any atom is -0.492 e. The summed E-state index contributed by atoms with van der Waals surface area (Å²) in [5, 5.41) is 12.5. The molecule has 1 unspecified atom stereocenters. The maximum atomic E-state index is 12.8. The molecule has 4 aromatic rings. The summed E-state index contributed by atoms with van der Waals surface area (Å²) in [6.07, 6.45) is -4.44. The molecular formula is C24H20F3NO3S2. The van der Waals surface area contributed by atoms with Crippen LogP contribution in [0.2, 0.25) is 0 Å². The van der Waals surface area contributed by atoms with Crippen molar-refractivity contribution in [3.8, 4) is 16.3 Å². The fraction of sp³-hybridized carbons (Fsp3) is 0.250. The quantitative estimate of drug-likeness (QED) is 0.298. The highest BCUT2D eigenvalue weighted by molar-refractivity contribution is 7.17. The van der Waals surface area contributed by atoms with Gasteiger partial charge in [-0.1, -0.05) is 25.1 Å². The zero-order chi connectivity index (χ0) is 23.8. The highest BCUT2D eigenvalue weighted by Gasteiger charge is 2.30. The Bertz CT molecular complexity index is 1290. The van der Waals surface area contributed by atoms with Crippen molar-refractivity contribution in [2.75, 3.05) is 6.61 Å². The number of thiazole rings is 1. The SMILES string of the molecule is Cc1sc(-c2ccc(C(F)(F)F)cc2)nc1C(C)COc1cccc2scc(CC(=O)O)c12. The van der Waals surface area contributed by atoms with Crippen LogP contribution >= 0.6 is 22.7 Å². The Morgan fingerprint density at radius 3 is 2.58 bits per heavy atom. The molecule has 0 spiro atoms. The van der Waals surface area contributed by atoms with Gasteiger partial charge >= 0.3 is 12.1 Å². The van der Waals surface area contributed by atoms with Crippen LogP contribution in [0.25, 0.3) is 20.7 Å². The zero-order valence-electron chi connectivity index (χ0n) is 17.8. The molecule has 4 nitrogen and oxygen atoms in total. The summed E-state index contributed by atoms with van der Waals surface area (Å²) >= 11 is 2.91. The molecule has 0 amide bonds. The molecule has 0 saturated carbocycles. The predicted molar refractivity (Wildman–Crippen MR) is 124 cm³/mol. The number of halogens is 3. The number of carbonyl (C=O) groups is 1. The number of alkyl halides is 3. The summed E-state index contributed by atoms with van der Waals surface area (Å²) < 4.78 is 45.5. The second-order valence-electron chi connectivity index (χ2n) is 7.71. The molecule has 0 saturated heterocycles. The van der Waals surface area contributed by atoms with Crippen molar-refractivity contribution >= 4 is 38.7 Å². The van der Waals surface area contributed by atoms with Crippen molar-refractivity contribution in [3.05, 3.63) is 69.5 Å². The molecule has 33 heavy (non-hydrogen) atoms. The van der Waals surface area contributed by atoms with Crippen molar-refractivity contribution in [3.63, 3.8) is 0 Å². The lowest BCUT2D eigenvalue weighted by Crippen LogP contribution is -2.09. The maximum absolute atomic E-state index is 12.8. The van der Waals surface area contributed by atoms with E-state index in [1.165, 1.54) is 34.8 Å². The fourth-order valence-corrected chi connectivity index (χ4v) is 5.63. The van der Waals surface area contributed by atoms with Crippen LogP contribution in [-0.4, -0.2) is 22.7 Å². The predicted octanol–water partition coefficient (Wildman–Crippen LogP) is 7.16. The number of benzene rings is 2. The molecule has 0 fully saturated rings. The van der Waals surface area contributed by atoms with Gasteiger partial charge in [-0.2, -0.15) is 13.2 Å². The Morgan fingerprint density at radius 2 is 1.91 bits per heavy atom. The fourth-order valence-electron chi connectivity index (χ4n) is 3.62. The molecule has 0 aliphatic carbocycles. The number of hydrogen-bond donors (Lipinski definition) is 1. The van der Waals surface area contributed by atoms with Crippen LogP contribution in [-0.2, 0) is 17.4 Å². The molecule has 4 rings (SSSR count). The molecule has 2 aromatic carbocycles. The van der Waals surface area contributed by atoms with Crippen LogP contribution < -0.4 is 4.74 Å². The number of carboxylic acid groups (broad SMARTS) is 1. The third kappa shape index (κ3) is 5.04. The van der Waals surface area contributed by atoms with Gasteiger partial charge in [0, 0.05) is 26.4 Å². The monoisotopic (exact) mass is 491 g/mol. The van der Waals surface area contributed by atoms with Gasteiger partial charge in [0.2, 0.25) is 0 Å². The summed E-state index contributed by atoms with van der Waals surface area (Å²) in [4.78, 5) is 16.8. The Labute approximate surface area is 196 Å². The summed E-state index contributed by atoms with van der Waals surface area (Å²) in [6, 6.07) is 10.6. The maximum Gasteiger partial charge on any atom is 0.416 e. The molecule has 0 radical (unpaired) electrons. The molecule has 2 aromatic heterocycles. The Morgan fingerprint density at radius 1 is 1.18 bits per heavy atom. The largest absolute Gasteiger partial charge is 0.492 e. The van der Waals surface area contributed by atoms with Gasteiger partial charge in [0.1, 0.15) is 10.8 Å². The number of carboxylic acids is 1. The van der Waals surface area contributed by atoms with Crippen molar-refractivity contribution in [2.24, 2.45) is 0 Å². The minimum absolute atomic E-state index is 0.0683. The van der Waals surface area contributed by atoms with E-state index in [1.807, 2.05) is 37.4 Å². The topological polar surface area (TPSA) is 59.4 Å². The van der Waals surface area contributed by atoms with E-state index in [4.69, 9.17) is 4.74 Å². The standard InChI is InChI=1S/C24H20F3NO3S2/c1-13(11-31-18-4-3-5-19-21(18)16(12-32-19)10-20(29)30)22-14(2)33-23(28-22)15-6-8-17(9-7-15)24(25,26)27/h3-9,12-13H,10-11H2,1-2H3,(H,29,30). The third-order valence-corrected chi connectivity index (χ3v) is 7.26. The number of hydrogen-bond acceptors (Lipinski definition) is 5. The number of fused-ring (bicyclic) bond motifs is 1. The summed E-state index contributed by atoms with van der Waals surface area (Å²) in [7, 11) is 0. The smallest absolute Gasteiger partial charge is 0.416 e. The zero-order valence-corrected chi connectivity index (χ0v) is 19.4. The number of ether oxygens (including phenoxy) is 1. The average molecular weight is 492 g/mol. The molecule has 0 aliphatic heterocycles. The second kappa shape index (κ2) is 9.15. The van der Waals surface area contributed by atoms with Crippen molar-refractivity contribution in [1.29, 1.82) is 0 Å². The Hall–Kier alpha value is -2.91. The van der Waals surface area contributed by atoms with E-state index in [9.17, 15) is 23.1 Å². The van der Waals surface area contributed by atoms with Crippen molar-refractivity contribution in [2.45, 2.75) is 32.4 Å². The van der Waals surface area contributed by atoms with Gasteiger partial charge in [0.15, 0.2) is 0 Å². The number of nitrogens with zero attached hydrogens (tertiary/aromatic N) is 1. The highest BCUT2D eigenvalue weighted by Crippen LogP contribution is 2.37. The number of rotatable bonds is 7. The summed E-state index contributed by atoms with van der Waals surface area (Å²) in [5.41, 5.74) is 1.50. The lowest BCUT2D eigenvalue weighted by molar-refractivity contribution is -0.138. The van der Waals surface area contributed by atoms with Crippen LogP contribution in [0.1, 0.15) is 34.5 Å². The van der Waals surface area contributed by atoms with Crippen LogP contribution in [0.5, 0.6) is 5.75 Å². The van der Waals surface area contributed by atoms with Crippen LogP contribution in [0.4, 0.5) is 13.2 Å². The van der Waals surface area contributed by atoms with E-state index in [1.54, 1.807) is 0 Å². The van der Waals surface area contributed by atoms with E-state index in [0.29, 0.717) is 22.9 Å². The first-order chi connectivity index (χ1) is 15.6. The van der Waals surface area contributed by atoms with E-state index < -0.39 is 17.7 Å². The molecule has 0 aliphatic rings. The number of aliphatic carboxylic acids is 1. The highest BCUT2D eigenvalue weighted by atomic mass is 32.1. The average Bonchev–Trinajstić information content (AvgIpc) is 3.35. The normalized spacial score (nSPS) is 12.8. The number of aromatic nitrogens is 1. The van der Waals surface area contributed by atoms with Crippen LogP contribution in [0.15, 0.2) is 47.8 Å². The first-order valence-corrected chi connectivity index (χ1v) is 11.8. The molecular weight excluding hydrogens is 471 g/mol. The molecule has 1 atom stereocenters. The lowest BCUT2D eigenvalue weighted by atomic mass is 10.1. The van der Waals surface area contributed by atoms with Gasteiger partial charge in [0.25, 0.3) is 0 Å². The summed E-state index contributed by atoms with van der Waals surface area (Å²) in [5.74, 6) is -0.333. The van der Waals surface area contributed by atoms with Gasteiger partial charge in [-0.05, 0) is 42.1 Å². The van der Waals surface area contributed by atoms with E-state index in [2.05, 4.69) is 4.98 Å². The van der Waals surface area contributed by atoms with Crippen molar-refractivity contribution in [1.82, 2.24) is 4.98 Å². The Kier molecular flexibility index (Phi) is 6.45. The summed E-state index contributed by atoms with van der Waals surface area (Å²) in [6.45, 7) is 4.24. The second-order valence-corrected chi connectivity index (χ2v) is 9.82. The third-order valence-electron chi connectivity index (χ3n) is 5.23. The molecule has 172 valence electrons. The number of aryl methyl sites for hydroxylation is 1. The first kappa shape index (κ1) is 23.3. The van der Waals surface area contributed by atoms with E-state index in [-0.39, 0.29) is 12.3 Å². The number of thiophene rings is 1.